The monoisotopic (exact) mass is 244 g/mol. The second-order valence-electron chi connectivity index (χ2n) is 5.68. The van der Waals surface area contributed by atoms with E-state index in [1.54, 1.807) is 0 Å². The molecule has 0 aliphatic heterocycles. The Bertz CT molecular complexity index is 851. The third kappa shape index (κ3) is 1.53. The van der Waals surface area contributed by atoms with E-state index in [1.165, 1.54) is 43.8 Å². The highest BCUT2D eigenvalue weighted by atomic mass is 14.2. The molecule has 0 aromatic heterocycles. The largest absolute Gasteiger partial charge is 0.0683 e. The zero-order valence-electron chi connectivity index (χ0n) is 11.3. The van der Waals surface area contributed by atoms with Crippen molar-refractivity contribution in [2.24, 2.45) is 0 Å². The Hall–Kier alpha value is -2.08. The van der Waals surface area contributed by atoms with Gasteiger partial charge in [0.1, 0.15) is 0 Å². The van der Waals surface area contributed by atoms with Gasteiger partial charge in [-0.2, -0.15) is 0 Å². The molecular formula is C19H16. The third-order valence-corrected chi connectivity index (χ3v) is 4.20. The van der Waals surface area contributed by atoms with Gasteiger partial charge in [0.25, 0.3) is 0 Å². The van der Waals surface area contributed by atoms with Crippen LogP contribution >= 0.6 is 0 Å². The first-order valence-corrected chi connectivity index (χ1v) is 6.84. The van der Waals surface area contributed by atoms with Gasteiger partial charge in [-0.25, -0.2) is 0 Å². The molecule has 4 rings (SSSR count). The minimum absolute atomic E-state index is 1.11. The molecule has 19 heavy (non-hydrogen) atoms. The number of hydrogen-bond acceptors (Lipinski definition) is 0. The topological polar surface area (TPSA) is 0 Å². The minimum Gasteiger partial charge on any atom is -0.0683 e. The summed E-state index contributed by atoms with van der Waals surface area (Å²) in [5.74, 6) is 0. The SMILES string of the molecule is CC1=Cc2c(cc(C)c3cc4ccccc4cc23)C1. The minimum atomic E-state index is 1.11. The van der Waals surface area contributed by atoms with Crippen LogP contribution in [0.1, 0.15) is 23.6 Å². The van der Waals surface area contributed by atoms with Crippen molar-refractivity contribution in [2.75, 3.05) is 0 Å². The van der Waals surface area contributed by atoms with Gasteiger partial charge in [0.15, 0.2) is 0 Å². The fraction of sp³-hybridized carbons (Fsp3) is 0.158. The summed E-state index contributed by atoms with van der Waals surface area (Å²) in [5, 5.41) is 5.46. The average Bonchev–Trinajstić information content (AvgIpc) is 2.78. The van der Waals surface area contributed by atoms with E-state index in [0.29, 0.717) is 0 Å². The van der Waals surface area contributed by atoms with Crippen LogP contribution in [0.3, 0.4) is 0 Å². The van der Waals surface area contributed by atoms with E-state index in [1.807, 2.05) is 0 Å². The summed E-state index contributed by atoms with van der Waals surface area (Å²) in [4.78, 5) is 0. The van der Waals surface area contributed by atoms with E-state index in [-0.39, 0.29) is 0 Å². The van der Waals surface area contributed by atoms with Crippen LogP contribution in [0.15, 0.2) is 48.0 Å². The molecule has 0 spiro atoms. The molecule has 0 saturated carbocycles. The average molecular weight is 244 g/mol. The maximum absolute atomic E-state index is 2.36. The first-order chi connectivity index (χ1) is 9.22. The van der Waals surface area contributed by atoms with Crippen LogP contribution in [0.5, 0.6) is 0 Å². The Balaban J connectivity index is 2.20. The molecule has 0 N–H and O–H groups in total. The summed E-state index contributed by atoms with van der Waals surface area (Å²) in [6, 6.07) is 15.7. The normalized spacial score (nSPS) is 13.9. The van der Waals surface area contributed by atoms with E-state index < -0.39 is 0 Å². The molecule has 1 aliphatic rings. The molecule has 0 amide bonds. The van der Waals surface area contributed by atoms with Gasteiger partial charge in [-0.3, -0.25) is 0 Å². The van der Waals surface area contributed by atoms with Crippen LogP contribution in [0, 0.1) is 6.92 Å². The second kappa shape index (κ2) is 3.71. The first kappa shape index (κ1) is 10.8. The number of fused-ring (bicyclic) bond motifs is 4. The molecule has 3 aromatic rings. The lowest BCUT2D eigenvalue weighted by Gasteiger charge is -2.10. The predicted molar refractivity (Wildman–Crippen MR) is 83.5 cm³/mol. The Morgan fingerprint density at radius 2 is 1.53 bits per heavy atom. The summed E-state index contributed by atoms with van der Waals surface area (Å²) in [5.41, 5.74) is 5.78. The fourth-order valence-electron chi connectivity index (χ4n) is 3.29. The molecule has 92 valence electrons. The van der Waals surface area contributed by atoms with E-state index >= 15 is 0 Å². The maximum atomic E-state index is 2.36. The zero-order valence-corrected chi connectivity index (χ0v) is 11.3. The number of allylic oxidation sites excluding steroid dienone is 1. The summed E-state index contributed by atoms with van der Waals surface area (Å²) in [6.45, 7) is 4.45. The van der Waals surface area contributed by atoms with Gasteiger partial charge in [0, 0.05) is 0 Å². The lowest BCUT2D eigenvalue weighted by molar-refractivity contribution is 1.19. The summed E-state index contributed by atoms with van der Waals surface area (Å²) in [6.07, 6.45) is 3.46. The van der Waals surface area contributed by atoms with Gasteiger partial charge < -0.3 is 0 Å². The number of rotatable bonds is 0. The van der Waals surface area contributed by atoms with Crippen LogP contribution in [0.25, 0.3) is 27.6 Å². The Morgan fingerprint density at radius 1 is 0.842 bits per heavy atom. The van der Waals surface area contributed by atoms with Crippen molar-refractivity contribution in [1.29, 1.82) is 0 Å². The van der Waals surface area contributed by atoms with Crippen molar-refractivity contribution in [1.82, 2.24) is 0 Å². The Morgan fingerprint density at radius 3 is 2.26 bits per heavy atom. The molecular weight excluding hydrogens is 228 g/mol. The zero-order chi connectivity index (χ0) is 13.0. The van der Waals surface area contributed by atoms with Gasteiger partial charge in [-0.05, 0) is 70.6 Å². The van der Waals surface area contributed by atoms with Crippen molar-refractivity contribution in [3.05, 3.63) is 64.7 Å². The highest BCUT2D eigenvalue weighted by Gasteiger charge is 2.14. The third-order valence-electron chi connectivity index (χ3n) is 4.20. The van der Waals surface area contributed by atoms with Crippen LogP contribution in [-0.2, 0) is 6.42 Å². The molecule has 3 aromatic carbocycles. The highest BCUT2D eigenvalue weighted by molar-refractivity contribution is 6.04. The molecule has 0 saturated heterocycles. The number of benzene rings is 3. The summed E-state index contributed by atoms with van der Waals surface area (Å²) < 4.78 is 0. The molecule has 0 bridgehead atoms. The lowest BCUT2D eigenvalue weighted by atomic mass is 9.94. The van der Waals surface area contributed by atoms with Crippen molar-refractivity contribution >= 4 is 27.6 Å². The van der Waals surface area contributed by atoms with Crippen molar-refractivity contribution < 1.29 is 0 Å². The first-order valence-electron chi connectivity index (χ1n) is 6.84. The molecule has 0 unspecified atom stereocenters. The molecule has 0 heterocycles. The molecule has 0 heteroatoms. The van der Waals surface area contributed by atoms with E-state index in [9.17, 15) is 0 Å². The van der Waals surface area contributed by atoms with E-state index in [0.717, 1.165) is 6.42 Å². The van der Waals surface area contributed by atoms with Gasteiger partial charge in [-0.1, -0.05) is 42.0 Å². The van der Waals surface area contributed by atoms with Crippen LogP contribution in [0.4, 0.5) is 0 Å². The molecule has 0 radical (unpaired) electrons. The van der Waals surface area contributed by atoms with Crippen molar-refractivity contribution in [2.45, 2.75) is 20.3 Å². The fourth-order valence-corrected chi connectivity index (χ4v) is 3.29. The second-order valence-corrected chi connectivity index (χ2v) is 5.68. The van der Waals surface area contributed by atoms with Crippen LogP contribution in [0.2, 0.25) is 0 Å². The number of hydrogen-bond donors (Lipinski definition) is 0. The molecule has 0 nitrogen and oxygen atoms in total. The van der Waals surface area contributed by atoms with Gasteiger partial charge >= 0.3 is 0 Å². The summed E-state index contributed by atoms with van der Waals surface area (Å²) >= 11 is 0. The molecule has 0 atom stereocenters. The number of aryl methyl sites for hydroxylation is 1. The standard InChI is InChI=1S/C19H16/c1-12-7-16-9-13(2)17-10-14-5-3-4-6-15(14)11-19(17)18(16)8-12/h3-6,8-11H,7H2,1-2H3. The smallest absolute Gasteiger partial charge is 0.00603 e. The molecule has 0 fully saturated rings. The highest BCUT2D eigenvalue weighted by Crippen LogP contribution is 2.35. The van der Waals surface area contributed by atoms with Crippen LogP contribution < -0.4 is 0 Å². The van der Waals surface area contributed by atoms with E-state index in [2.05, 4.69) is 62.4 Å². The lowest BCUT2D eigenvalue weighted by Crippen LogP contribution is -1.89. The van der Waals surface area contributed by atoms with Gasteiger partial charge in [0.05, 0.1) is 0 Å². The Labute approximate surface area is 113 Å². The Kier molecular flexibility index (Phi) is 2.11. The van der Waals surface area contributed by atoms with E-state index in [4.69, 9.17) is 0 Å². The van der Waals surface area contributed by atoms with Crippen molar-refractivity contribution in [3.8, 4) is 0 Å². The van der Waals surface area contributed by atoms with Gasteiger partial charge in [0.2, 0.25) is 0 Å². The van der Waals surface area contributed by atoms with Gasteiger partial charge in [-0.15, -0.1) is 0 Å². The van der Waals surface area contributed by atoms with Crippen LogP contribution in [-0.4, -0.2) is 0 Å². The quantitative estimate of drug-likeness (QED) is 0.473. The molecule has 1 aliphatic carbocycles. The maximum Gasteiger partial charge on any atom is -0.00603 e. The predicted octanol–water partition coefficient (Wildman–Crippen LogP) is 5.26. The summed E-state index contributed by atoms with van der Waals surface area (Å²) in [7, 11) is 0. The van der Waals surface area contributed by atoms with Crippen molar-refractivity contribution in [3.63, 3.8) is 0 Å².